The molecule has 0 atom stereocenters. The fourth-order valence-electron chi connectivity index (χ4n) is 2.40. The summed E-state index contributed by atoms with van der Waals surface area (Å²) in [4.78, 5) is 16.3. The maximum absolute atomic E-state index is 12.0. The number of anilines is 1. The number of hydrogen-bond donors (Lipinski definition) is 2. The molecule has 2 N–H and O–H groups in total. The van der Waals surface area contributed by atoms with Gasteiger partial charge in [-0.25, -0.2) is 4.98 Å². The van der Waals surface area contributed by atoms with Gasteiger partial charge in [0, 0.05) is 22.8 Å². The second-order valence-corrected chi connectivity index (χ2v) is 5.60. The fraction of sp³-hybridized carbons (Fsp3) is 0.235. The number of carbonyl (C=O) groups is 1. The Morgan fingerprint density at radius 1 is 1.22 bits per heavy atom. The monoisotopic (exact) mass is 309 g/mol. The van der Waals surface area contributed by atoms with Crippen LogP contribution >= 0.6 is 0 Å². The molecule has 0 saturated carbocycles. The number of amides is 1. The van der Waals surface area contributed by atoms with Gasteiger partial charge in [-0.15, -0.1) is 0 Å². The van der Waals surface area contributed by atoms with E-state index < -0.39 is 0 Å². The van der Waals surface area contributed by atoms with Crippen LogP contribution in [0.2, 0.25) is 0 Å². The van der Waals surface area contributed by atoms with E-state index in [1.807, 2.05) is 55.7 Å². The van der Waals surface area contributed by atoms with Crippen molar-refractivity contribution in [3.8, 4) is 5.69 Å². The predicted molar refractivity (Wildman–Crippen MR) is 88.7 cm³/mol. The van der Waals surface area contributed by atoms with Crippen LogP contribution in [0.1, 0.15) is 22.8 Å². The highest BCUT2D eigenvalue weighted by Crippen LogP contribution is 2.17. The Morgan fingerprint density at radius 2 is 1.96 bits per heavy atom. The molecule has 0 spiro atoms. The van der Waals surface area contributed by atoms with Gasteiger partial charge >= 0.3 is 0 Å². The summed E-state index contributed by atoms with van der Waals surface area (Å²) in [7, 11) is 0. The van der Waals surface area contributed by atoms with Gasteiger partial charge in [-0.05, 0) is 51.1 Å². The number of H-pyrrole nitrogens is 1. The van der Waals surface area contributed by atoms with Crippen molar-refractivity contribution in [1.29, 1.82) is 0 Å². The van der Waals surface area contributed by atoms with Crippen LogP contribution in [0.25, 0.3) is 5.69 Å². The maximum Gasteiger partial charge on any atom is 0.230 e. The van der Waals surface area contributed by atoms with Crippen molar-refractivity contribution in [1.82, 2.24) is 19.7 Å². The maximum atomic E-state index is 12.0. The van der Waals surface area contributed by atoms with E-state index in [-0.39, 0.29) is 12.3 Å². The van der Waals surface area contributed by atoms with Crippen LogP contribution in [0.4, 0.5) is 5.69 Å². The molecule has 0 aliphatic rings. The summed E-state index contributed by atoms with van der Waals surface area (Å²) in [5, 5.41) is 9.78. The Bertz CT molecular complexity index is 829. The molecule has 2 heterocycles. The molecule has 23 heavy (non-hydrogen) atoms. The number of aryl methyl sites for hydroxylation is 2. The lowest BCUT2D eigenvalue weighted by Gasteiger charge is -2.08. The summed E-state index contributed by atoms with van der Waals surface area (Å²) in [6.45, 7) is 5.92. The molecule has 1 aromatic carbocycles. The molecular weight excluding hydrogens is 290 g/mol. The lowest BCUT2D eigenvalue weighted by molar-refractivity contribution is -0.115. The topological polar surface area (TPSA) is 75.6 Å². The molecule has 2 aromatic heterocycles. The first-order chi connectivity index (χ1) is 11.0. The summed E-state index contributed by atoms with van der Waals surface area (Å²) in [5.74, 6) is -0.0843. The van der Waals surface area contributed by atoms with Gasteiger partial charge in [0.1, 0.15) is 0 Å². The second kappa shape index (κ2) is 6.08. The van der Waals surface area contributed by atoms with E-state index in [4.69, 9.17) is 0 Å². The summed E-state index contributed by atoms with van der Waals surface area (Å²) < 4.78 is 2.02. The lowest BCUT2D eigenvalue weighted by atomic mass is 10.2. The van der Waals surface area contributed by atoms with E-state index in [2.05, 4.69) is 20.5 Å². The SMILES string of the molecule is Cc1cc(CC(=O)Nc2ccc(-n3cnc(C)c3C)cc2)n[nH]1. The van der Waals surface area contributed by atoms with Crippen molar-refractivity contribution in [2.45, 2.75) is 27.2 Å². The zero-order valence-corrected chi connectivity index (χ0v) is 13.4. The van der Waals surface area contributed by atoms with Gasteiger partial charge in [0.25, 0.3) is 0 Å². The number of hydrogen-bond acceptors (Lipinski definition) is 3. The van der Waals surface area contributed by atoms with Crippen molar-refractivity contribution in [3.63, 3.8) is 0 Å². The number of nitrogens with one attached hydrogen (secondary N) is 2. The summed E-state index contributed by atoms with van der Waals surface area (Å²) in [6, 6.07) is 9.56. The van der Waals surface area contributed by atoms with Crippen LogP contribution in [0.3, 0.4) is 0 Å². The van der Waals surface area contributed by atoms with Crippen LogP contribution in [-0.4, -0.2) is 25.7 Å². The minimum atomic E-state index is -0.0843. The molecule has 3 rings (SSSR count). The zero-order chi connectivity index (χ0) is 16.4. The van der Waals surface area contributed by atoms with E-state index in [1.165, 1.54) is 0 Å². The minimum Gasteiger partial charge on any atom is -0.326 e. The number of benzene rings is 1. The molecule has 6 nitrogen and oxygen atoms in total. The highest BCUT2D eigenvalue weighted by Gasteiger charge is 2.08. The molecule has 6 heteroatoms. The van der Waals surface area contributed by atoms with Gasteiger partial charge in [0.2, 0.25) is 5.91 Å². The first kappa shape index (κ1) is 15.0. The molecule has 1 amide bonds. The van der Waals surface area contributed by atoms with Crippen molar-refractivity contribution in [3.05, 3.63) is 59.4 Å². The fourth-order valence-corrected chi connectivity index (χ4v) is 2.40. The van der Waals surface area contributed by atoms with E-state index >= 15 is 0 Å². The second-order valence-electron chi connectivity index (χ2n) is 5.60. The normalized spacial score (nSPS) is 10.7. The average Bonchev–Trinajstić information content (AvgIpc) is 3.07. The number of rotatable bonds is 4. The molecule has 118 valence electrons. The van der Waals surface area contributed by atoms with Crippen LogP contribution in [0.15, 0.2) is 36.7 Å². The van der Waals surface area contributed by atoms with E-state index in [1.54, 1.807) is 6.33 Å². The highest BCUT2D eigenvalue weighted by molar-refractivity contribution is 5.92. The van der Waals surface area contributed by atoms with Crippen molar-refractivity contribution in [2.75, 3.05) is 5.32 Å². The molecule has 0 bridgehead atoms. The Morgan fingerprint density at radius 3 is 2.52 bits per heavy atom. The Balaban J connectivity index is 1.67. The minimum absolute atomic E-state index is 0.0843. The molecule has 0 aliphatic heterocycles. The van der Waals surface area contributed by atoms with Crippen LogP contribution in [0.5, 0.6) is 0 Å². The van der Waals surface area contributed by atoms with Gasteiger partial charge in [-0.3, -0.25) is 9.89 Å². The Hall–Kier alpha value is -2.89. The molecule has 0 radical (unpaired) electrons. The van der Waals surface area contributed by atoms with E-state index in [9.17, 15) is 4.79 Å². The molecule has 0 fully saturated rings. The molecule has 0 unspecified atom stereocenters. The van der Waals surface area contributed by atoms with Gasteiger partial charge in [0.05, 0.1) is 24.1 Å². The highest BCUT2D eigenvalue weighted by atomic mass is 16.1. The Kier molecular flexibility index (Phi) is 3.97. The zero-order valence-electron chi connectivity index (χ0n) is 13.4. The lowest BCUT2D eigenvalue weighted by Crippen LogP contribution is -2.14. The summed E-state index contributed by atoms with van der Waals surface area (Å²) in [5.41, 5.74) is 5.58. The third kappa shape index (κ3) is 3.31. The van der Waals surface area contributed by atoms with Gasteiger partial charge < -0.3 is 9.88 Å². The summed E-state index contributed by atoms with van der Waals surface area (Å²) >= 11 is 0. The van der Waals surface area contributed by atoms with Crippen LogP contribution in [-0.2, 0) is 11.2 Å². The third-order valence-corrected chi connectivity index (χ3v) is 3.78. The predicted octanol–water partition coefficient (Wildman–Crippen LogP) is 2.70. The van der Waals surface area contributed by atoms with Crippen LogP contribution < -0.4 is 5.32 Å². The van der Waals surface area contributed by atoms with Crippen molar-refractivity contribution in [2.24, 2.45) is 0 Å². The van der Waals surface area contributed by atoms with Crippen LogP contribution in [0, 0.1) is 20.8 Å². The molecule has 0 saturated heterocycles. The molecular formula is C17H19N5O. The largest absolute Gasteiger partial charge is 0.326 e. The van der Waals surface area contributed by atoms with Gasteiger partial charge in [-0.2, -0.15) is 5.10 Å². The van der Waals surface area contributed by atoms with Crippen molar-refractivity contribution < 1.29 is 4.79 Å². The molecule has 0 aliphatic carbocycles. The first-order valence-corrected chi connectivity index (χ1v) is 7.44. The third-order valence-electron chi connectivity index (χ3n) is 3.78. The number of aromatic amines is 1. The number of carbonyl (C=O) groups excluding carboxylic acids is 1. The average molecular weight is 309 g/mol. The van der Waals surface area contributed by atoms with E-state index in [0.29, 0.717) is 0 Å². The Labute approximate surface area is 134 Å². The number of aromatic nitrogens is 4. The smallest absolute Gasteiger partial charge is 0.230 e. The van der Waals surface area contributed by atoms with Crippen molar-refractivity contribution >= 4 is 11.6 Å². The number of nitrogens with zero attached hydrogens (tertiary/aromatic N) is 3. The van der Waals surface area contributed by atoms with Gasteiger partial charge in [-0.1, -0.05) is 0 Å². The standard InChI is InChI=1S/C17H19N5O/c1-11-8-15(21-20-11)9-17(23)19-14-4-6-16(7-5-14)22-10-18-12(2)13(22)3/h4-8,10H,9H2,1-3H3,(H,19,23)(H,20,21). The number of imidazole rings is 1. The van der Waals surface area contributed by atoms with Gasteiger partial charge in [0.15, 0.2) is 0 Å². The first-order valence-electron chi connectivity index (χ1n) is 7.44. The molecule has 3 aromatic rings. The quantitative estimate of drug-likeness (QED) is 0.778. The van der Waals surface area contributed by atoms with E-state index in [0.717, 1.165) is 34.2 Å². The summed E-state index contributed by atoms with van der Waals surface area (Å²) in [6.07, 6.45) is 2.06.